The number of rotatable bonds is 7. The maximum atomic E-state index is 13.2. The number of hydrogen-bond acceptors (Lipinski definition) is 7. The highest BCUT2D eigenvalue weighted by molar-refractivity contribution is 7.86. The van der Waals surface area contributed by atoms with Gasteiger partial charge in [-0.1, -0.05) is 0 Å². The van der Waals surface area contributed by atoms with Gasteiger partial charge in [0.1, 0.15) is 0 Å². The highest BCUT2D eigenvalue weighted by atomic mass is 32.2. The summed E-state index contributed by atoms with van der Waals surface area (Å²) in [6.07, 6.45) is 3.42. The van der Waals surface area contributed by atoms with Crippen LogP contribution in [0.5, 0.6) is 0 Å². The standard InChI is InChI=1S/C20H36N4O6S/c25-19(21-6-2-7-22-11-13-28-14-12-22)18-3-1-8-24(17-18)31(26,27)23-9-4-20(5-10-23)29-15-16-30-20/h18H,1-17H2,(H,21,25)/t18-/m1/s1. The fourth-order valence-electron chi connectivity index (χ4n) is 4.86. The van der Waals surface area contributed by atoms with E-state index in [4.69, 9.17) is 14.2 Å². The number of morpholine rings is 1. The Labute approximate surface area is 185 Å². The zero-order valence-electron chi connectivity index (χ0n) is 18.3. The summed E-state index contributed by atoms with van der Waals surface area (Å²) >= 11 is 0. The predicted octanol–water partition coefficient (Wildman–Crippen LogP) is -0.379. The number of piperidine rings is 2. The van der Waals surface area contributed by atoms with Crippen LogP contribution < -0.4 is 5.32 Å². The van der Waals surface area contributed by atoms with Crippen molar-refractivity contribution in [3.8, 4) is 0 Å². The lowest BCUT2D eigenvalue weighted by atomic mass is 9.99. The van der Waals surface area contributed by atoms with Gasteiger partial charge < -0.3 is 19.5 Å². The van der Waals surface area contributed by atoms with E-state index in [1.807, 2.05) is 0 Å². The molecule has 0 unspecified atom stereocenters. The highest BCUT2D eigenvalue weighted by Crippen LogP contribution is 2.33. The van der Waals surface area contributed by atoms with Gasteiger partial charge in [-0.05, 0) is 25.8 Å². The van der Waals surface area contributed by atoms with Gasteiger partial charge >= 0.3 is 0 Å². The van der Waals surface area contributed by atoms with Crippen LogP contribution in [0.25, 0.3) is 0 Å². The topological polar surface area (TPSA) is 101 Å². The van der Waals surface area contributed by atoms with Crippen molar-refractivity contribution in [1.82, 2.24) is 18.8 Å². The Morgan fingerprint density at radius 1 is 0.968 bits per heavy atom. The second kappa shape index (κ2) is 10.4. The highest BCUT2D eigenvalue weighted by Gasteiger charge is 2.44. The zero-order valence-corrected chi connectivity index (χ0v) is 19.1. The van der Waals surface area contributed by atoms with E-state index in [0.29, 0.717) is 58.7 Å². The molecule has 31 heavy (non-hydrogen) atoms. The molecule has 1 amide bonds. The number of hydrogen-bond donors (Lipinski definition) is 1. The molecule has 11 heteroatoms. The number of carbonyl (C=O) groups is 1. The molecule has 0 saturated carbocycles. The summed E-state index contributed by atoms with van der Waals surface area (Å²) in [7, 11) is -3.58. The van der Waals surface area contributed by atoms with Crippen LogP contribution in [0.3, 0.4) is 0 Å². The van der Waals surface area contributed by atoms with Crippen molar-refractivity contribution in [3.63, 3.8) is 0 Å². The summed E-state index contributed by atoms with van der Waals surface area (Å²) < 4.78 is 46.1. The van der Waals surface area contributed by atoms with E-state index in [1.165, 1.54) is 8.61 Å². The van der Waals surface area contributed by atoms with Crippen molar-refractivity contribution in [2.45, 2.75) is 37.9 Å². The third kappa shape index (κ3) is 5.76. The Morgan fingerprint density at radius 2 is 1.68 bits per heavy atom. The van der Waals surface area contributed by atoms with Crippen LogP contribution in [0, 0.1) is 5.92 Å². The van der Waals surface area contributed by atoms with Gasteiger partial charge in [0, 0.05) is 58.7 Å². The van der Waals surface area contributed by atoms with Gasteiger partial charge in [-0.25, -0.2) is 0 Å². The van der Waals surface area contributed by atoms with E-state index in [0.717, 1.165) is 45.7 Å². The quantitative estimate of drug-likeness (QED) is 0.517. The van der Waals surface area contributed by atoms with E-state index in [9.17, 15) is 13.2 Å². The lowest BCUT2D eigenvalue weighted by Crippen LogP contribution is -2.54. The van der Waals surface area contributed by atoms with Crippen LogP contribution in [0.4, 0.5) is 0 Å². The molecule has 10 nitrogen and oxygen atoms in total. The van der Waals surface area contributed by atoms with Gasteiger partial charge in [0.2, 0.25) is 5.91 Å². The lowest BCUT2D eigenvalue weighted by Gasteiger charge is -2.40. The van der Waals surface area contributed by atoms with Crippen molar-refractivity contribution in [2.75, 3.05) is 78.8 Å². The number of ether oxygens (including phenoxy) is 3. The van der Waals surface area contributed by atoms with Gasteiger partial charge in [0.25, 0.3) is 10.2 Å². The smallest absolute Gasteiger partial charge is 0.282 e. The molecule has 0 bridgehead atoms. The molecule has 178 valence electrons. The fraction of sp³-hybridized carbons (Fsp3) is 0.950. The summed E-state index contributed by atoms with van der Waals surface area (Å²) in [6.45, 7) is 7.64. The first kappa shape index (κ1) is 23.3. The van der Waals surface area contributed by atoms with Crippen LogP contribution in [0.15, 0.2) is 0 Å². The van der Waals surface area contributed by atoms with E-state index in [-0.39, 0.29) is 18.4 Å². The Morgan fingerprint density at radius 3 is 2.39 bits per heavy atom. The minimum Gasteiger partial charge on any atom is -0.379 e. The molecule has 1 atom stereocenters. The number of nitrogens with one attached hydrogen (secondary N) is 1. The van der Waals surface area contributed by atoms with E-state index in [1.54, 1.807) is 0 Å². The van der Waals surface area contributed by atoms with Gasteiger partial charge in [0.15, 0.2) is 5.79 Å². The van der Waals surface area contributed by atoms with Crippen molar-refractivity contribution in [3.05, 3.63) is 0 Å². The summed E-state index contributed by atoms with van der Waals surface area (Å²) in [6, 6.07) is 0. The molecule has 4 saturated heterocycles. The molecule has 1 spiro atoms. The van der Waals surface area contributed by atoms with Gasteiger partial charge in [-0.15, -0.1) is 0 Å². The maximum Gasteiger partial charge on any atom is 0.282 e. The minimum atomic E-state index is -3.58. The van der Waals surface area contributed by atoms with Crippen molar-refractivity contribution in [2.24, 2.45) is 5.92 Å². The van der Waals surface area contributed by atoms with Crippen LogP contribution >= 0.6 is 0 Å². The first-order valence-electron chi connectivity index (χ1n) is 11.6. The van der Waals surface area contributed by atoms with E-state index < -0.39 is 16.0 Å². The Bertz CT molecular complexity index is 698. The monoisotopic (exact) mass is 460 g/mol. The predicted molar refractivity (Wildman–Crippen MR) is 114 cm³/mol. The van der Waals surface area contributed by atoms with E-state index >= 15 is 0 Å². The van der Waals surface area contributed by atoms with Crippen LogP contribution in [0.1, 0.15) is 32.1 Å². The fourth-order valence-corrected chi connectivity index (χ4v) is 6.55. The molecule has 4 fully saturated rings. The van der Waals surface area contributed by atoms with Crippen molar-refractivity contribution < 1.29 is 27.4 Å². The molecular weight excluding hydrogens is 424 g/mol. The Balaban J connectivity index is 1.22. The molecule has 4 rings (SSSR count). The van der Waals surface area contributed by atoms with Crippen molar-refractivity contribution >= 4 is 16.1 Å². The summed E-state index contributed by atoms with van der Waals surface area (Å²) in [5, 5.41) is 3.01. The summed E-state index contributed by atoms with van der Waals surface area (Å²) in [5.41, 5.74) is 0. The first-order chi connectivity index (χ1) is 15.0. The minimum absolute atomic E-state index is 0.0350. The van der Waals surface area contributed by atoms with Crippen molar-refractivity contribution in [1.29, 1.82) is 0 Å². The molecule has 4 heterocycles. The molecule has 4 aliphatic rings. The third-order valence-corrected chi connectivity index (χ3v) is 8.76. The SMILES string of the molecule is O=C(NCCCN1CCOCC1)[C@@H]1CCCN(S(=O)(=O)N2CCC3(CC2)OCCO3)C1. The largest absolute Gasteiger partial charge is 0.379 e. The second-order valence-corrected chi connectivity index (χ2v) is 10.7. The average Bonchev–Trinajstić information content (AvgIpc) is 3.25. The Hall–Kier alpha value is -0.820. The van der Waals surface area contributed by atoms with E-state index in [2.05, 4.69) is 10.2 Å². The zero-order chi connectivity index (χ0) is 21.7. The third-order valence-electron chi connectivity index (χ3n) is 6.76. The number of amides is 1. The molecule has 1 N–H and O–H groups in total. The molecule has 0 aromatic carbocycles. The molecule has 4 aliphatic heterocycles. The molecule has 0 aromatic heterocycles. The first-order valence-corrected chi connectivity index (χ1v) is 13.0. The Kier molecular flexibility index (Phi) is 7.84. The van der Waals surface area contributed by atoms with Gasteiger partial charge in [0.05, 0.1) is 32.3 Å². The number of nitrogens with zero attached hydrogens (tertiary/aromatic N) is 3. The molecule has 0 aliphatic carbocycles. The molecular formula is C20H36N4O6S. The summed E-state index contributed by atoms with van der Waals surface area (Å²) in [4.78, 5) is 15.0. The van der Waals surface area contributed by atoms with Crippen LogP contribution in [-0.4, -0.2) is 112 Å². The summed E-state index contributed by atoms with van der Waals surface area (Å²) in [5.74, 6) is -0.922. The normalized spacial score (nSPS) is 28.7. The molecule has 0 radical (unpaired) electrons. The second-order valence-electron chi connectivity index (χ2n) is 8.81. The van der Waals surface area contributed by atoms with Crippen LogP contribution in [0.2, 0.25) is 0 Å². The lowest BCUT2D eigenvalue weighted by molar-refractivity contribution is -0.179. The van der Waals surface area contributed by atoms with Gasteiger partial charge in [-0.3, -0.25) is 9.69 Å². The van der Waals surface area contributed by atoms with Crippen LogP contribution in [-0.2, 0) is 29.2 Å². The number of carbonyl (C=O) groups excluding carboxylic acids is 1. The maximum absolute atomic E-state index is 13.2. The molecule has 0 aromatic rings. The average molecular weight is 461 g/mol. The van der Waals surface area contributed by atoms with Gasteiger partial charge in [-0.2, -0.15) is 17.0 Å².